The number of likely N-dealkylation sites (N-methyl/N-ethyl adjacent to an activating group) is 1. The predicted octanol–water partition coefficient (Wildman–Crippen LogP) is 0.234. The Kier molecular flexibility index (Phi) is 8.15. The van der Waals surface area contributed by atoms with Gasteiger partial charge in [-0.05, 0) is 13.3 Å². The summed E-state index contributed by atoms with van der Waals surface area (Å²) in [5.74, 6) is 0.0930. The van der Waals surface area contributed by atoms with E-state index in [9.17, 15) is 4.79 Å². The smallest absolute Gasteiger partial charge is 0.222 e. The number of ether oxygens (including phenoxy) is 2. The van der Waals surface area contributed by atoms with Gasteiger partial charge in [-0.15, -0.1) is 0 Å². The zero-order valence-electron chi connectivity index (χ0n) is 10.7. The van der Waals surface area contributed by atoms with Crippen molar-refractivity contribution in [3.8, 4) is 0 Å². The molecule has 0 radical (unpaired) electrons. The average Bonchev–Trinajstić information content (AvgIpc) is 2.25. The Morgan fingerprint density at radius 1 is 1.44 bits per heavy atom. The summed E-state index contributed by atoms with van der Waals surface area (Å²) in [7, 11) is 5.00. The van der Waals surface area contributed by atoms with Gasteiger partial charge in [0.1, 0.15) is 0 Å². The van der Waals surface area contributed by atoms with Crippen molar-refractivity contribution in [1.29, 1.82) is 0 Å². The van der Waals surface area contributed by atoms with E-state index >= 15 is 0 Å². The second-order valence-corrected chi connectivity index (χ2v) is 4.07. The van der Waals surface area contributed by atoms with Crippen molar-refractivity contribution in [2.45, 2.75) is 31.9 Å². The van der Waals surface area contributed by atoms with E-state index in [1.54, 1.807) is 26.2 Å². The van der Waals surface area contributed by atoms with Gasteiger partial charge >= 0.3 is 0 Å². The van der Waals surface area contributed by atoms with Gasteiger partial charge in [-0.2, -0.15) is 0 Å². The van der Waals surface area contributed by atoms with Crippen molar-refractivity contribution in [3.63, 3.8) is 0 Å². The van der Waals surface area contributed by atoms with Crippen LogP contribution >= 0.6 is 0 Å². The number of nitrogens with zero attached hydrogens (tertiary/aromatic N) is 1. The van der Waals surface area contributed by atoms with E-state index in [0.29, 0.717) is 19.6 Å². The molecule has 0 spiro atoms. The molecule has 0 aromatic heterocycles. The van der Waals surface area contributed by atoms with E-state index in [-0.39, 0.29) is 18.1 Å². The lowest BCUT2D eigenvalue weighted by molar-refractivity contribution is -0.130. The molecule has 0 fully saturated rings. The topological polar surface area (TPSA) is 64.8 Å². The van der Waals surface area contributed by atoms with Crippen molar-refractivity contribution >= 4 is 5.91 Å². The lowest BCUT2D eigenvalue weighted by atomic mass is 10.2. The Bertz CT molecular complexity index is 200. The zero-order valence-corrected chi connectivity index (χ0v) is 10.7. The molecule has 2 atom stereocenters. The number of nitrogens with two attached hydrogens (primary N) is 1. The highest BCUT2D eigenvalue weighted by Crippen LogP contribution is 2.03. The van der Waals surface area contributed by atoms with E-state index < -0.39 is 0 Å². The molecule has 0 saturated carbocycles. The SMILES string of the molecule is COCC(N)CN(C)C(=O)CCC(C)OC. The molecular weight excluding hydrogens is 208 g/mol. The second kappa shape index (κ2) is 8.50. The molecule has 2 N–H and O–H groups in total. The summed E-state index contributed by atoms with van der Waals surface area (Å²) in [5.41, 5.74) is 5.76. The first-order chi connectivity index (χ1) is 7.51. The summed E-state index contributed by atoms with van der Waals surface area (Å²) in [6, 6.07) is -0.126. The van der Waals surface area contributed by atoms with Gasteiger partial charge in [0, 0.05) is 40.3 Å². The maximum absolute atomic E-state index is 11.7. The Morgan fingerprint density at radius 2 is 2.06 bits per heavy atom. The molecule has 5 nitrogen and oxygen atoms in total. The second-order valence-electron chi connectivity index (χ2n) is 4.07. The first kappa shape index (κ1) is 15.3. The van der Waals surface area contributed by atoms with Crippen LogP contribution in [0.1, 0.15) is 19.8 Å². The van der Waals surface area contributed by atoms with Crippen LogP contribution in [0.15, 0.2) is 0 Å². The summed E-state index contributed by atoms with van der Waals surface area (Å²) in [6.07, 6.45) is 1.34. The molecule has 1 amide bonds. The van der Waals surface area contributed by atoms with Crippen LogP contribution in [0.25, 0.3) is 0 Å². The van der Waals surface area contributed by atoms with Crippen LogP contribution in [-0.4, -0.2) is 57.4 Å². The Labute approximate surface area is 97.9 Å². The number of methoxy groups -OCH3 is 2. The summed E-state index contributed by atoms with van der Waals surface area (Å²) in [6.45, 7) is 2.93. The molecular formula is C11H24N2O3. The van der Waals surface area contributed by atoms with Gasteiger partial charge in [-0.3, -0.25) is 4.79 Å². The van der Waals surface area contributed by atoms with Gasteiger partial charge in [0.25, 0.3) is 0 Å². The summed E-state index contributed by atoms with van der Waals surface area (Å²) in [5, 5.41) is 0. The highest BCUT2D eigenvalue weighted by Gasteiger charge is 2.13. The van der Waals surface area contributed by atoms with E-state index in [4.69, 9.17) is 15.2 Å². The standard InChI is InChI=1S/C11H24N2O3/c1-9(16-4)5-6-11(14)13(2)7-10(12)8-15-3/h9-10H,5-8,12H2,1-4H3. The normalized spacial score (nSPS) is 14.6. The summed E-state index contributed by atoms with van der Waals surface area (Å²) in [4.78, 5) is 13.3. The summed E-state index contributed by atoms with van der Waals surface area (Å²) >= 11 is 0. The Morgan fingerprint density at radius 3 is 2.56 bits per heavy atom. The van der Waals surface area contributed by atoms with E-state index in [1.807, 2.05) is 6.92 Å². The molecule has 0 aromatic carbocycles. The molecule has 0 aromatic rings. The zero-order chi connectivity index (χ0) is 12.6. The molecule has 0 heterocycles. The van der Waals surface area contributed by atoms with Crippen LogP contribution in [0.2, 0.25) is 0 Å². The van der Waals surface area contributed by atoms with E-state index in [0.717, 1.165) is 6.42 Å². The fraction of sp³-hybridized carbons (Fsp3) is 0.909. The molecule has 0 saturated heterocycles. The first-order valence-corrected chi connectivity index (χ1v) is 5.52. The van der Waals surface area contributed by atoms with Crippen LogP contribution in [0.5, 0.6) is 0 Å². The van der Waals surface area contributed by atoms with Gasteiger partial charge in [-0.1, -0.05) is 0 Å². The minimum atomic E-state index is -0.126. The Hall–Kier alpha value is -0.650. The molecule has 0 aliphatic heterocycles. The molecule has 0 aliphatic rings. The number of amides is 1. The predicted molar refractivity (Wildman–Crippen MR) is 63.2 cm³/mol. The highest BCUT2D eigenvalue weighted by molar-refractivity contribution is 5.75. The van der Waals surface area contributed by atoms with Gasteiger partial charge in [0.05, 0.1) is 12.7 Å². The lowest BCUT2D eigenvalue weighted by Crippen LogP contribution is -2.41. The minimum absolute atomic E-state index is 0.0930. The molecule has 5 heteroatoms. The third kappa shape index (κ3) is 6.76. The molecule has 0 aliphatic carbocycles. The van der Waals surface area contributed by atoms with Crippen LogP contribution in [0, 0.1) is 0 Å². The average molecular weight is 232 g/mol. The highest BCUT2D eigenvalue weighted by atomic mass is 16.5. The molecule has 2 unspecified atom stereocenters. The monoisotopic (exact) mass is 232 g/mol. The van der Waals surface area contributed by atoms with Crippen LogP contribution < -0.4 is 5.73 Å². The van der Waals surface area contributed by atoms with Crippen molar-refractivity contribution in [3.05, 3.63) is 0 Å². The third-order valence-corrected chi connectivity index (χ3v) is 2.48. The number of hydrogen-bond donors (Lipinski definition) is 1. The quantitative estimate of drug-likeness (QED) is 0.651. The number of hydrogen-bond acceptors (Lipinski definition) is 4. The lowest BCUT2D eigenvalue weighted by Gasteiger charge is -2.21. The molecule has 16 heavy (non-hydrogen) atoms. The van der Waals surface area contributed by atoms with Crippen LogP contribution in [0.4, 0.5) is 0 Å². The molecule has 0 bridgehead atoms. The van der Waals surface area contributed by atoms with Gasteiger partial charge in [0.2, 0.25) is 5.91 Å². The largest absolute Gasteiger partial charge is 0.383 e. The van der Waals surface area contributed by atoms with Gasteiger partial charge in [-0.25, -0.2) is 0 Å². The third-order valence-electron chi connectivity index (χ3n) is 2.48. The fourth-order valence-corrected chi connectivity index (χ4v) is 1.36. The fourth-order valence-electron chi connectivity index (χ4n) is 1.36. The number of rotatable bonds is 8. The van der Waals surface area contributed by atoms with Crippen molar-refractivity contribution in [1.82, 2.24) is 4.90 Å². The van der Waals surface area contributed by atoms with Crippen LogP contribution in [0.3, 0.4) is 0 Å². The maximum Gasteiger partial charge on any atom is 0.222 e. The van der Waals surface area contributed by atoms with Gasteiger partial charge < -0.3 is 20.1 Å². The minimum Gasteiger partial charge on any atom is -0.383 e. The Balaban J connectivity index is 3.81. The molecule has 96 valence electrons. The van der Waals surface area contributed by atoms with Gasteiger partial charge in [0.15, 0.2) is 0 Å². The van der Waals surface area contributed by atoms with Crippen molar-refractivity contribution in [2.75, 3.05) is 34.4 Å². The van der Waals surface area contributed by atoms with Crippen LogP contribution in [-0.2, 0) is 14.3 Å². The first-order valence-electron chi connectivity index (χ1n) is 5.52. The maximum atomic E-state index is 11.7. The van der Waals surface area contributed by atoms with E-state index in [2.05, 4.69) is 0 Å². The molecule has 0 rings (SSSR count). The van der Waals surface area contributed by atoms with Crippen molar-refractivity contribution < 1.29 is 14.3 Å². The number of carbonyl (C=O) groups is 1. The number of carbonyl (C=O) groups excluding carboxylic acids is 1. The van der Waals surface area contributed by atoms with Crippen molar-refractivity contribution in [2.24, 2.45) is 5.73 Å². The summed E-state index contributed by atoms with van der Waals surface area (Å²) < 4.78 is 10.0. The van der Waals surface area contributed by atoms with E-state index in [1.165, 1.54) is 0 Å².